The molecule has 3 heterocycles. The van der Waals surface area contributed by atoms with E-state index in [1.165, 1.54) is 11.3 Å². The van der Waals surface area contributed by atoms with E-state index in [1.807, 2.05) is 35.0 Å². The molecule has 1 aliphatic heterocycles. The van der Waals surface area contributed by atoms with Gasteiger partial charge in [0.05, 0.1) is 17.7 Å². The monoisotopic (exact) mass is 331 g/mol. The van der Waals surface area contributed by atoms with E-state index in [0.29, 0.717) is 25.1 Å². The maximum Gasteiger partial charge on any atom is 0.254 e. The highest BCUT2D eigenvalue weighted by Gasteiger charge is 2.36. The van der Waals surface area contributed by atoms with E-state index in [-0.39, 0.29) is 5.91 Å². The summed E-state index contributed by atoms with van der Waals surface area (Å²) in [5.74, 6) is 0.826. The maximum atomic E-state index is 12.4. The Labute approximate surface area is 140 Å². The second kappa shape index (κ2) is 6.68. The van der Waals surface area contributed by atoms with Gasteiger partial charge in [-0.25, -0.2) is 4.98 Å². The molecule has 1 aliphatic rings. The first-order valence-electron chi connectivity index (χ1n) is 7.73. The third-order valence-corrected chi connectivity index (χ3v) is 4.86. The Hall–Kier alpha value is -1.92. The van der Waals surface area contributed by atoms with E-state index in [0.717, 1.165) is 18.8 Å². The molecule has 0 aromatic carbocycles. The summed E-state index contributed by atoms with van der Waals surface area (Å²) in [6, 6.07) is 7.59. The van der Waals surface area contributed by atoms with Crippen molar-refractivity contribution in [3.8, 4) is 0 Å². The van der Waals surface area contributed by atoms with Gasteiger partial charge in [-0.2, -0.15) is 11.3 Å². The lowest BCUT2D eigenvalue weighted by molar-refractivity contribution is -0.000117. The lowest BCUT2D eigenvalue weighted by Crippen LogP contribution is -2.54. The molecule has 1 N–H and O–H groups in total. The van der Waals surface area contributed by atoms with Crippen LogP contribution in [0, 0.1) is 0 Å². The molecule has 0 bridgehead atoms. The van der Waals surface area contributed by atoms with Crippen LogP contribution < -0.4 is 4.90 Å². The van der Waals surface area contributed by atoms with Crippen LogP contribution in [0.3, 0.4) is 0 Å². The first-order chi connectivity index (χ1) is 11.1. The van der Waals surface area contributed by atoms with Crippen molar-refractivity contribution in [2.75, 3.05) is 31.6 Å². The zero-order valence-electron chi connectivity index (χ0n) is 13.2. The normalized spacial score (nSPS) is 21.2. The van der Waals surface area contributed by atoms with Gasteiger partial charge in [0.2, 0.25) is 0 Å². The molecule has 1 fully saturated rings. The Kier molecular flexibility index (Phi) is 4.63. The van der Waals surface area contributed by atoms with Gasteiger partial charge in [-0.1, -0.05) is 6.07 Å². The molecule has 1 amide bonds. The smallest absolute Gasteiger partial charge is 0.254 e. The number of amides is 1. The fourth-order valence-corrected chi connectivity index (χ4v) is 3.73. The standard InChI is InChI=1S/C17H21N3O2S/c1-19(16(21)14-6-10-23-11-14)12-17(22)7-4-9-20(13-17)15-5-2-3-8-18-15/h2-3,5-6,8,10-11,22H,4,7,9,12-13H2,1H3/t17-/m1/s1. The molecule has 0 aliphatic carbocycles. The van der Waals surface area contributed by atoms with Crippen LogP contribution >= 0.6 is 11.3 Å². The van der Waals surface area contributed by atoms with E-state index in [2.05, 4.69) is 9.88 Å². The molecule has 0 spiro atoms. The lowest BCUT2D eigenvalue weighted by atomic mass is 9.92. The van der Waals surface area contributed by atoms with Gasteiger partial charge in [-0.3, -0.25) is 4.79 Å². The van der Waals surface area contributed by atoms with Crippen LogP contribution in [0.15, 0.2) is 41.2 Å². The number of aromatic nitrogens is 1. The summed E-state index contributed by atoms with van der Waals surface area (Å²) in [5, 5.41) is 14.7. The number of β-amino-alcohol motifs (C(OH)–C–C–N with tert-alkyl or cyclic N) is 1. The van der Waals surface area contributed by atoms with E-state index < -0.39 is 5.60 Å². The number of anilines is 1. The molecule has 0 saturated carbocycles. The number of aliphatic hydroxyl groups is 1. The van der Waals surface area contributed by atoms with Crippen molar-refractivity contribution in [2.45, 2.75) is 18.4 Å². The van der Waals surface area contributed by atoms with Crippen LogP contribution in [0.1, 0.15) is 23.2 Å². The van der Waals surface area contributed by atoms with Gasteiger partial charge in [0, 0.05) is 31.7 Å². The summed E-state index contributed by atoms with van der Waals surface area (Å²) >= 11 is 1.50. The second-order valence-corrected chi connectivity index (χ2v) is 6.89. The minimum absolute atomic E-state index is 0.0466. The topological polar surface area (TPSA) is 56.7 Å². The lowest BCUT2D eigenvalue weighted by Gasteiger charge is -2.41. The average molecular weight is 331 g/mol. The van der Waals surface area contributed by atoms with Crippen LogP contribution in [-0.2, 0) is 0 Å². The van der Waals surface area contributed by atoms with Crippen molar-refractivity contribution < 1.29 is 9.90 Å². The van der Waals surface area contributed by atoms with E-state index >= 15 is 0 Å². The minimum Gasteiger partial charge on any atom is -0.386 e. The highest BCUT2D eigenvalue weighted by Crippen LogP contribution is 2.26. The van der Waals surface area contributed by atoms with Gasteiger partial charge < -0.3 is 14.9 Å². The van der Waals surface area contributed by atoms with E-state index in [1.54, 1.807) is 18.1 Å². The molecule has 2 aromatic rings. The van der Waals surface area contributed by atoms with Crippen molar-refractivity contribution in [2.24, 2.45) is 0 Å². The molecule has 1 atom stereocenters. The highest BCUT2D eigenvalue weighted by atomic mass is 32.1. The quantitative estimate of drug-likeness (QED) is 0.933. The summed E-state index contributed by atoms with van der Waals surface area (Å²) < 4.78 is 0. The molecule has 2 aromatic heterocycles. The third-order valence-electron chi connectivity index (χ3n) is 4.17. The van der Waals surface area contributed by atoms with Gasteiger partial charge in [0.15, 0.2) is 0 Å². The van der Waals surface area contributed by atoms with Gasteiger partial charge >= 0.3 is 0 Å². The van der Waals surface area contributed by atoms with Crippen molar-refractivity contribution >= 4 is 23.1 Å². The Morgan fingerprint density at radius 2 is 2.35 bits per heavy atom. The minimum atomic E-state index is -0.907. The summed E-state index contributed by atoms with van der Waals surface area (Å²) in [4.78, 5) is 20.4. The summed E-state index contributed by atoms with van der Waals surface area (Å²) in [5.41, 5.74) is -0.227. The fourth-order valence-electron chi connectivity index (χ4n) is 3.10. The van der Waals surface area contributed by atoms with E-state index in [9.17, 15) is 9.90 Å². The largest absolute Gasteiger partial charge is 0.386 e. The number of carbonyl (C=O) groups excluding carboxylic acids is 1. The molecule has 0 unspecified atom stereocenters. The molecule has 0 radical (unpaired) electrons. The molecule has 5 nitrogen and oxygen atoms in total. The molecular formula is C17H21N3O2S. The Bertz CT molecular complexity index is 647. The highest BCUT2D eigenvalue weighted by molar-refractivity contribution is 7.08. The molecule has 6 heteroatoms. The zero-order valence-corrected chi connectivity index (χ0v) is 14.0. The number of carbonyl (C=O) groups is 1. The number of piperidine rings is 1. The predicted molar refractivity (Wildman–Crippen MR) is 91.9 cm³/mol. The van der Waals surface area contributed by atoms with Crippen molar-refractivity contribution in [3.63, 3.8) is 0 Å². The summed E-state index contributed by atoms with van der Waals surface area (Å²) in [7, 11) is 1.75. The third kappa shape index (κ3) is 3.71. The number of likely N-dealkylation sites (N-methyl/N-ethyl adjacent to an activating group) is 1. The van der Waals surface area contributed by atoms with Crippen LogP contribution in [0.4, 0.5) is 5.82 Å². The average Bonchev–Trinajstić information content (AvgIpc) is 3.09. The number of hydrogen-bond donors (Lipinski definition) is 1. The van der Waals surface area contributed by atoms with Crippen molar-refractivity contribution in [3.05, 3.63) is 46.8 Å². The van der Waals surface area contributed by atoms with Crippen LogP contribution in [0.25, 0.3) is 0 Å². The molecule has 3 rings (SSSR count). The summed E-state index contributed by atoms with van der Waals surface area (Å²) in [6.07, 6.45) is 3.33. The Balaban J connectivity index is 1.67. The first-order valence-corrected chi connectivity index (χ1v) is 8.68. The fraction of sp³-hybridized carbons (Fsp3) is 0.412. The predicted octanol–water partition coefficient (Wildman–Crippen LogP) is 2.25. The zero-order chi connectivity index (χ0) is 16.3. The van der Waals surface area contributed by atoms with E-state index in [4.69, 9.17) is 0 Å². The van der Waals surface area contributed by atoms with Gasteiger partial charge in [0.25, 0.3) is 5.91 Å². The van der Waals surface area contributed by atoms with Gasteiger partial charge in [-0.15, -0.1) is 0 Å². The number of hydrogen-bond acceptors (Lipinski definition) is 5. The number of nitrogens with zero attached hydrogens (tertiary/aromatic N) is 3. The Morgan fingerprint density at radius 3 is 3.04 bits per heavy atom. The molecular weight excluding hydrogens is 310 g/mol. The van der Waals surface area contributed by atoms with Crippen molar-refractivity contribution in [1.29, 1.82) is 0 Å². The van der Waals surface area contributed by atoms with Gasteiger partial charge in [0.1, 0.15) is 5.82 Å². The summed E-state index contributed by atoms with van der Waals surface area (Å²) in [6.45, 7) is 1.69. The Morgan fingerprint density at radius 1 is 1.48 bits per heavy atom. The van der Waals surface area contributed by atoms with Crippen LogP contribution in [-0.4, -0.2) is 53.2 Å². The number of thiophene rings is 1. The SMILES string of the molecule is CN(C[C@]1(O)CCCN(c2ccccn2)C1)C(=O)c1ccsc1. The van der Waals surface area contributed by atoms with Crippen molar-refractivity contribution in [1.82, 2.24) is 9.88 Å². The van der Waals surface area contributed by atoms with Crippen LogP contribution in [0.2, 0.25) is 0 Å². The molecule has 1 saturated heterocycles. The number of pyridine rings is 1. The molecule has 122 valence electrons. The number of rotatable bonds is 4. The first kappa shape index (κ1) is 16.0. The second-order valence-electron chi connectivity index (χ2n) is 6.11. The van der Waals surface area contributed by atoms with Gasteiger partial charge in [-0.05, 0) is 36.4 Å². The van der Waals surface area contributed by atoms with Crippen LogP contribution in [0.5, 0.6) is 0 Å². The molecule has 23 heavy (non-hydrogen) atoms. The maximum absolute atomic E-state index is 12.4.